The molecule has 0 spiro atoms. The molecule has 3 rings (SSSR count). The SMILES string of the molecule is CC(OC(=O)c1cc2c(s1)CCCC2)C(=O)NC1CCCC1. The fourth-order valence-corrected chi connectivity index (χ4v) is 4.39. The van der Waals surface area contributed by atoms with Gasteiger partial charge in [0.1, 0.15) is 4.88 Å². The molecule has 2 aliphatic carbocycles. The Labute approximate surface area is 135 Å². The van der Waals surface area contributed by atoms with Crippen LogP contribution in [0.3, 0.4) is 0 Å². The summed E-state index contributed by atoms with van der Waals surface area (Å²) in [6.45, 7) is 1.65. The fourth-order valence-electron chi connectivity index (χ4n) is 3.25. The summed E-state index contributed by atoms with van der Waals surface area (Å²) in [7, 11) is 0. The van der Waals surface area contributed by atoms with Crippen molar-refractivity contribution < 1.29 is 14.3 Å². The van der Waals surface area contributed by atoms with Gasteiger partial charge in [-0.1, -0.05) is 12.8 Å². The Kier molecular flexibility index (Phi) is 4.81. The fraction of sp³-hybridized carbons (Fsp3) is 0.647. The Bertz CT molecular complexity index is 537. The molecule has 1 heterocycles. The molecule has 1 atom stereocenters. The minimum Gasteiger partial charge on any atom is -0.448 e. The van der Waals surface area contributed by atoms with Crippen molar-refractivity contribution in [2.75, 3.05) is 0 Å². The van der Waals surface area contributed by atoms with E-state index in [4.69, 9.17) is 4.74 Å². The molecule has 1 saturated carbocycles. The van der Waals surface area contributed by atoms with Crippen LogP contribution in [0.4, 0.5) is 0 Å². The van der Waals surface area contributed by atoms with Crippen LogP contribution in [-0.2, 0) is 22.4 Å². The molecule has 1 aromatic heterocycles. The highest BCUT2D eigenvalue weighted by atomic mass is 32.1. The third-order valence-corrected chi connectivity index (χ3v) is 5.77. The Balaban J connectivity index is 1.56. The highest BCUT2D eigenvalue weighted by Crippen LogP contribution is 2.30. The van der Waals surface area contributed by atoms with E-state index in [0.717, 1.165) is 25.7 Å². The van der Waals surface area contributed by atoms with Gasteiger partial charge in [0.15, 0.2) is 6.10 Å². The normalized spacial score (nSPS) is 19.5. The van der Waals surface area contributed by atoms with Crippen molar-refractivity contribution in [1.29, 1.82) is 0 Å². The number of nitrogens with one attached hydrogen (secondary N) is 1. The predicted molar refractivity (Wildman–Crippen MR) is 86.2 cm³/mol. The second-order valence-electron chi connectivity index (χ2n) is 6.30. The Morgan fingerprint density at radius 2 is 1.95 bits per heavy atom. The van der Waals surface area contributed by atoms with Gasteiger partial charge in [-0.2, -0.15) is 0 Å². The van der Waals surface area contributed by atoms with Crippen LogP contribution in [0, 0.1) is 0 Å². The molecule has 1 aromatic rings. The van der Waals surface area contributed by atoms with E-state index in [2.05, 4.69) is 5.32 Å². The number of aryl methyl sites for hydroxylation is 2. The molecule has 0 aliphatic heterocycles. The number of carbonyl (C=O) groups is 2. The average molecular weight is 321 g/mol. The van der Waals surface area contributed by atoms with E-state index in [9.17, 15) is 9.59 Å². The van der Waals surface area contributed by atoms with Crippen LogP contribution >= 0.6 is 11.3 Å². The predicted octanol–water partition coefficient (Wildman–Crippen LogP) is 3.23. The molecule has 4 nitrogen and oxygen atoms in total. The van der Waals surface area contributed by atoms with Crippen LogP contribution in [0.25, 0.3) is 0 Å². The first kappa shape index (κ1) is 15.5. The maximum atomic E-state index is 12.2. The molecule has 1 fully saturated rings. The van der Waals surface area contributed by atoms with Crippen LogP contribution in [0.2, 0.25) is 0 Å². The molecule has 0 bridgehead atoms. The second-order valence-corrected chi connectivity index (χ2v) is 7.44. The summed E-state index contributed by atoms with van der Waals surface area (Å²) < 4.78 is 5.35. The molecule has 0 aromatic carbocycles. The quantitative estimate of drug-likeness (QED) is 0.866. The van der Waals surface area contributed by atoms with Gasteiger partial charge in [0.25, 0.3) is 5.91 Å². The van der Waals surface area contributed by atoms with Crippen molar-refractivity contribution >= 4 is 23.2 Å². The number of rotatable bonds is 4. The number of hydrogen-bond donors (Lipinski definition) is 1. The van der Waals surface area contributed by atoms with Crippen LogP contribution in [0.5, 0.6) is 0 Å². The summed E-state index contributed by atoms with van der Waals surface area (Å²) in [6.07, 6.45) is 8.17. The minimum absolute atomic E-state index is 0.179. The van der Waals surface area contributed by atoms with Gasteiger partial charge in [-0.3, -0.25) is 4.79 Å². The van der Waals surface area contributed by atoms with Crippen LogP contribution in [0.15, 0.2) is 6.07 Å². The van der Waals surface area contributed by atoms with E-state index >= 15 is 0 Å². The van der Waals surface area contributed by atoms with Crippen molar-refractivity contribution in [2.24, 2.45) is 0 Å². The van der Waals surface area contributed by atoms with E-state index in [1.54, 1.807) is 6.92 Å². The lowest BCUT2D eigenvalue weighted by molar-refractivity contribution is -0.129. The van der Waals surface area contributed by atoms with Crippen LogP contribution in [-0.4, -0.2) is 24.0 Å². The van der Waals surface area contributed by atoms with Gasteiger partial charge < -0.3 is 10.1 Å². The molecule has 5 heteroatoms. The summed E-state index contributed by atoms with van der Waals surface area (Å²) in [4.78, 5) is 26.2. The van der Waals surface area contributed by atoms with Crippen molar-refractivity contribution in [2.45, 2.75) is 70.4 Å². The van der Waals surface area contributed by atoms with E-state index in [-0.39, 0.29) is 17.9 Å². The lowest BCUT2D eigenvalue weighted by Gasteiger charge is -2.16. The van der Waals surface area contributed by atoms with Gasteiger partial charge in [-0.15, -0.1) is 11.3 Å². The zero-order valence-electron chi connectivity index (χ0n) is 13.0. The first-order valence-corrected chi connectivity index (χ1v) is 9.08. The molecular formula is C17H23NO3S. The largest absolute Gasteiger partial charge is 0.448 e. The van der Waals surface area contributed by atoms with E-state index < -0.39 is 6.10 Å². The number of fused-ring (bicyclic) bond motifs is 1. The molecular weight excluding hydrogens is 298 g/mol. The number of carbonyl (C=O) groups excluding carboxylic acids is 2. The van der Waals surface area contributed by atoms with Crippen molar-refractivity contribution in [1.82, 2.24) is 5.32 Å². The number of hydrogen-bond acceptors (Lipinski definition) is 4. The van der Waals surface area contributed by atoms with Gasteiger partial charge in [0.05, 0.1) is 0 Å². The smallest absolute Gasteiger partial charge is 0.349 e. The van der Waals surface area contributed by atoms with Crippen LogP contribution in [0.1, 0.15) is 65.6 Å². The van der Waals surface area contributed by atoms with Gasteiger partial charge in [0.2, 0.25) is 0 Å². The maximum absolute atomic E-state index is 12.2. The number of ether oxygens (including phenoxy) is 1. The molecule has 1 N–H and O–H groups in total. The highest BCUT2D eigenvalue weighted by molar-refractivity contribution is 7.14. The summed E-state index contributed by atoms with van der Waals surface area (Å²) in [5.41, 5.74) is 1.28. The summed E-state index contributed by atoms with van der Waals surface area (Å²) in [5.74, 6) is -0.546. The van der Waals surface area contributed by atoms with Crippen molar-refractivity contribution in [3.63, 3.8) is 0 Å². The summed E-state index contributed by atoms with van der Waals surface area (Å²) in [5, 5.41) is 2.97. The van der Waals surface area contributed by atoms with Crippen molar-refractivity contribution in [3.8, 4) is 0 Å². The van der Waals surface area contributed by atoms with Gasteiger partial charge >= 0.3 is 5.97 Å². The molecule has 22 heavy (non-hydrogen) atoms. The molecule has 120 valence electrons. The van der Waals surface area contributed by atoms with Crippen LogP contribution < -0.4 is 5.32 Å². The summed E-state index contributed by atoms with van der Waals surface area (Å²) in [6, 6.07) is 2.20. The Morgan fingerprint density at radius 1 is 1.23 bits per heavy atom. The average Bonchev–Trinajstić information content (AvgIpc) is 3.15. The second kappa shape index (κ2) is 6.82. The first-order chi connectivity index (χ1) is 10.6. The zero-order chi connectivity index (χ0) is 15.5. The lowest BCUT2D eigenvalue weighted by atomic mass is 9.99. The Morgan fingerprint density at radius 3 is 2.68 bits per heavy atom. The van der Waals surface area contributed by atoms with E-state index in [1.807, 2.05) is 6.07 Å². The first-order valence-electron chi connectivity index (χ1n) is 8.26. The third-order valence-electron chi connectivity index (χ3n) is 4.55. The third kappa shape index (κ3) is 3.51. The number of thiophene rings is 1. The Hall–Kier alpha value is -1.36. The maximum Gasteiger partial charge on any atom is 0.349 e. The van der Waals surface area contributed by atoms with Gasteiger partial charge in [0, 0.05) is 10.9 Å². The van der Waals surface area contributed by atoms with E-state index in [1.165, 1.54) is 47.5 Å². The number of esters is 1. The van der Waals surface area contributed by atoms with Gasteiger partial charge in [-0.25, -0.2) is 4.79 Å². The molecule has 2 aliphatic rings. The summed E-state index contributed by atoms with van der Waals surface area (Å²) >= 11 is 1.52. The zero-order valence-corrected chi connectivity index (χ0v) is 13.8. The minimum atomic E-state index is -0.729. The molecule has 1 unspecified atom stereocenters. The standard InChI is InChI=1S/C17H23NO3S/c1-11(16(19)18-13-7-3-4-8-13)21-17(20)15-10-12-6-2-5-9-14(12)22-15/h10-11,13H,2-9H2,1H3,(H,18,19). The topological polar surface area (TPSA) is 55.4 Å². The monoisotopic (exact) mass is 321 g/mol. The molecule has 1 amide bonds. The molecule has 0 radical (unpaired) electrons. The molecule has 0 saturated heterocycles. The van der Waals surface area contributed by atoms with Crippen molar-refractivity contribution in [3.05, 3.63) is 21.4 Å². The lowest BCUT2D eigenvalue weighted by Crippen LogP contribution is -2.40. The number of amides is 1. The van der Waals surface area contributed by atoms with Gasteiger partial charge in [-0.05, 0) is 57.1 Å². The highest BCUT2D eigenvalue weighted by Gasteiger charge is 2.25. The van der Waals surface area contributed by atoms with E-state index in [0.29, 0.717) is 4.88 Å².